The van der Waals surface area contributed by atoms with Crippen LogP contribution in [0.25, 0.3) is 22.9 Å². The van der Waals surface area contributed by atoms with Gasteiger partial charge in [0.2, 0.25) is 5.95 Å². The van der Waals surface area contributed by atoms with Crippen LogP contribution in [0.4, 0.5) is 16.6 Å². The molecule has 5 rings (SSSR count). The number of anilines is 2. The Kier molecular flexibility index (Phi) is 8.39. The van der Waals surface area contributed by atoms with Crippen LogP contribution in [0, 0.1) is 0 Å². The number of amides is 1. The first-order valence-corrected chi connectivity index (χ1v) is 13.7. The number of hydrogen-bond donors (Lipinski definition) is 1. The highest BCUT2D eigenvalue weighted by molar-refractivity contribution is 5.90. The van der Waals surface area contributed by atoms with Gasteiger partial charge in [-0.15, -0.1) is 0 Å². The van der Waals surface area contributed by atoms with Crippen LogP contribution in [0.15, 0.2) is 109 Å². The zero-order valence-electron chi connectivity index (χ0n) is 23.6. The number of benzene rings is 4. The van der Waals surface area contributed by atoms with Crippen molar-refractivity contribution in [3.05, 3.63) is 132 Å². The third kappa shape index (κ3) is 7.57. The van der Waals surface area contributed by atoms with E-state index in [2.05, 4.69) is 23.5 Å². The van der Waals surface area contributed by atoms with Crippen molar-refractivity contribution in [2.24, 2.45) is 0 Å². The predicted molar refractivity (Wildman–Crippen MR) is 168 cm³/mol. The lowest BCUT2D eigenvalue weighted by molar-refractivity contribution is 0.0576. The molecule has 1 N–H and O–H groups in total. The molecule has 1 heterocycles. The van der Waals surface area contributed by atoms with Gasteiger partial charge in [-0.05, 0) is 54.3 Å². The van der Waals surface area contributed by atoms with Gasteiger partial charge in [0.1, 0.15) is 11.4 Å². The number of carbonyl (C=O) groups is 1. The van der Waals surface area contributed by atoms with E-state index < -0.39 is 11.7 Å². The fourth-order valence-electron chi connectivity index (χ4n) is 4.43. The van der Waals surface area contributed by atoms with Crippen LogP contribution in [0.3, 0.4) is 0 Å². The zero-order chi connectivity index (χ0) is 28.7. The van der Waals surface area contributed by atoms with Crippen molar-refractivity contribution in [1.29, 1.82) is 0 Å². The topological polar surface area (TPSA) is 67.3 Å². The summed E-state index contributed by atoms with van der Waals surface area (Å²) < 4.78 is 5.87. The first-order chi connectivity index (χ1) is 19.8. The quantitative estimate of drug-likeness (QED) is 0.213. The molecule has 41 heavy (non-hydrogen) atoms. The molecule has 6 nitrogen and oxygen atoms in total. The molecule has 4 aromatic carbocycles. The monoisotopic (exact) mass is 542 g/mol. The maximum atomic E-state index is 13.7. The summed E-state index contributed by atoms with van der Waals surface area (Å²) in [5.41, 5.74) is 3.13. The number of carbonyl (C=O) groups excluding carboxylic acids is 1. The van der Waals surface area contributed by atoms with Gasteiger partial charge in [0.25, 0.3) is 0 Å². The molecule has 0 saturated carbocycles. The van der Waals surface area contributed by atoms with Crippen LogP contribution in [-0.2, 0) is 17.8 Å². The molecule has 206 valence electrons. The normalized spacial score (nSPS) is 11.5. The van der Waals surface area contributed by atoms with Gasteiger partial charge in [0.05, 0.1) is 12.2 Å². The fourth-order valence-corrected chi connectivity index (χ4v) is 4.43. The molecular formula is C35H34N4O2. The van der Waals surface area contributed by atoms with Crippen molar-refractivity contribution in [1.82, 2.24) is 9.97 Å². The average molecular weight is 543 g/mol. The Labute approximate surface area is 241 Å². The van der Waals surface area contributed by atoms with E-state index >= 15 is 0 Å². The van der Waals surface area contributed by atoms with Crippen molar-refractivity contribution >= 4 is 40.8 Å². The number of ether oxygens (including phenoxy) is 1. The molecule has 0 bridgehead atoms. The number of rotatable bonds is 8. The van der Waals surface area contributed by atoms with Crippen molar-refractivity contribution < 1.29 is 9.53 Å². The molecule has 5 aromatic rings. The number of aromatic nitrogens is 2. The Morgan fingerprint density at radius 3 is 2.27 bits per heavy atom. The van der Waals surface area contributed by atoms with E-state index in [0.717, 1.165) is 27.5 Å². The summed E-state index contributed by atoms with van der Waals surface area (Å²) in [7, 11) is 0. The van der Waals surface area contributed by atoms with E-state index in [0.29, 0.717) is 24.0 Å². The molecular weight excluding hydrogens is 508 g/mol. The molecule has 0 fully saturated rings. The summed E-state index contributed by atoms with van der Waals surface area (Å²) in [4.78, 5) is 24.8. The third-order valence-corrected chi connectivity index (χ3v) is 6.37. The van der Waals surface area contributed by atoms with Crippen molar-refractivity contribution in [3.8, 4) is 0 Å². The Balaban J connectivity index is 1.56. The first kappa shape index (κ1) is 27.6. The van der Waals surface area contributed by atoms with Crippen LogP contribution < -0.4 is 10.2 Å². The number of fused-ring (bicyclic) bond motifs is 1. The number of hydrogen-bond acceptors (Lipinski definition) is 5. The summed E-state index contributed by atoms with van der Waals surface area (Å²) in [5, 5.41) is 5.52. The summed E-state index contributed by atoms with van der Waals surface area (Å²) in [6.07, 6.45) is 3.45. The third-order valence-electron chi connectivity index (χ3n) is 6.37. The fraction of sp³-hybridized carbons (Fsp3) is 0.171. The lowest BCUT2D eigenvalue weighted by atomic mass is 10.0. The van der Waals surface area contributed by atoms with Crippen LogP contribution in [0.2, 0.25) is 0 Å². The summed E-state index contributed by atoms with van der Waals surface area (Å²) >= 11 is 0. The molecule has 0 aliphatic rings. The van der Waals surface area contributed by atoms with E-state index in [1.807, 2.05) is 124 Å². The molecule has 0 spiro atoms. The van der Waals surface area contributed by atoms with Crippen LogP contribution in [-0.4, -0.2) is 21.7 Å². The Morgan fingerprint density at radius 1 is 0.829 bits per heavy atom. The van der Waals surface area contributed by atoms with Gasteiger partial charge in [-0.25, -0.2) is 9.78 Å². The predicted octanol–water partition coefficient (Wildman–Crippen LogP) is 8.35. The number of nitrogens with one attached hydrogen (secondary N) is 1. The summed E-state index contributed by atoms with van der Waals surface area (Å²) in [5.74, 6) is 0.871. The highest BCUT2D eigenvalue weighted by Gasteiger charge is 2.26. The Morgan fingerprint density at radius 2 is 1.51 bits per heavy atom. The molecule has 0 aliphatic carbocycles. The van der Waals surface area contributed by atoms with Crippen molar-refractivity contribution in [2.45, 2.75) is 39.5 Å². The van der Waals surface area contributed by atoms with E-state index in [1.165, 1.54) is 0 Å². The lowest BCUT2D eigenvalue weighted by Gasteiger charge is -2.27. The maximum Gasteiger partial charge on any atom is 0.416 e. The van der Waals surface area contributed by atoms with E-state index in [9.17, 15) is 4.79 Å². The maximum absolute atomic E-state index is 13.7. The van der Waals surface area contributed by atoms with Gasteiger partial charge in [-0.1, -0.05) is 109 Å². The average Bonchev–Trinajstić information content (AvgIpc) is 2.98. The largest absolute Gasteiger partial charge is 0.443 e. The molecule has 0 aliphatic heterocycles. The molecule has 0 saturated heterocycles. The first-order valence-electron chi connectivity index (χ1n) is 13.7. The van der Waals surface area contributed by atoms with Gasteiger partial charge < -0.3 is 10.1 Å². The second-order valence-electron chi connectivity index (χ2n) is 10.8. The molecule has 1 aromatic heterocycles. The molecule has 6 heteroatoms. The summed E-state index contributed by atoms with van der Waals surface area (Å²) in [6, 6.07) is 36.2. The smallest absolute Gasteiger partial charge is 0.416 e. The minimum Gasteiger partial charge on any atom is -0.443 e. The van der Waals surface area contributed by atoms with E-state index in [4.69, 9.17) is 14.7 Å². The molecule has 0 atom stereocenters. The minimum absolute atomic E-state index is 0.285. The zero-order valence-corrected chi connectivity index (χ0v) is 23.6. The Bertz CT molecular complexity index is 1640. The van der Waals surface area contributed by atoms with Gasteiger partial charge in [-0.2, -0.15) is 4.98 Å². The lowest BCUT2D eigenvalue weighted by Crippen LogP contribution is -2.37. The number of nitrogens with zero attached hydrogens (tertiary/aromatic N) is 3. The SMILES string of the molecule is CC(C)(C)OC(=O)N(Cc1cccc2ccccc12)c1cc(/C=C/c2ccccc2)nc(NCc2ccccc2)n1. The summed E-state index contributed by atoms with van der Waals surface area (Å²) in [6.45, 7) is 6.42. The second kappa shape index (κ2) is 12.5. The van der Waals surface area contributed by atoms with Crippen LogP contribution in [0.1, 0.15) is 43.2 Å². The van der Waals surface area contributed by atoms with Gasteiger partial charge in [0.15, 0.2) is 0 Å². The van der Waals surface area contributed by atoms with Gasteiger partial charge in [-0.3, -0.25) is 4.90 Å². The second-order valence-corrected chi connectivity index (χ2v) is 10.8. The van der Waals surface area contributed by atoms with E-state index in [1.54, 1.807) is 4.90 Å². The standard InChI is InChI=1S/C35H34N4O2/c1-35(2,3)41-34(40)39(25-29-19-12-18-28-17-10-11-20-31(28)29)32-23-30(22-21-26-13-6-4-7-14-26)37-33(38-32)36-24-27-15-8-5-9-16-27/h4-23H,24-25H2,1-3H3,(H,36,37,38)/b22-21+. The molecule has 0 radical (unpaired) electrons. The highest BCUT2D eigenvalue weighted by atomic mass is 16.6. The van der Waals surface area contributed by atoms with Crippen molar-refractivity contribution in [3.63, 3.8) is 0 Å². The van der Waals surface area contributed by atoms with Gasteiger partial charge in [0, 0.05) is 12.6 Å². The van der Waals surface area contributed by atoms with Crippen LogP contribution >= 0.6 is 0 Å². The van der Waals surface area contributed by atoms with Crippen molar-refractivity contribution in [2.75, 3.05) is 10.2 Å². The molecule has 1 amide bonds. The van der Waals surface area contributed by atoms with E-state index in [-0.39, 0.29) is 6.54 Å². The van der Waals surface area contributed by atoms with Gasteiger partial charge >= 0.3 is 6.09 Å². The molecule has 0 unspecified atom stereocenters. The minimum atomic E-state index is -0.675. The Hall–Kier alpha value is -4.97. The van der Waals surface area contributed by atoms with Crippen LogP contribution in [0.5, 0.6) is 0 Å². The highest BCUT2D eigenvalue weighted by Crippen LogP contribution is 2.26.